The van der Waals surface area contributed by atoms with Gasteiger partial charge in [0, 0.05) is 24.9 Å². The molecule has 2 atom stereocenters. The molecule has 0 aliphatic heterocycles. The van der Waals surface area contributed by atoms with Crippen LogP contribution in [-0.2, 0) is 11.2 Å². The third-order valence-electron chi connectivity index (χ3n) is 4.24. The van der Waals surface area contributed by atoms with Gasteiger partial charge >= 0.3 is 0 Å². The number of benzene rings is 1. The lowest BCUT2D eigenvalue weighted by atomic mass is 9.85. The highest BCUT2D eigenvalue weighted by atomic mass is 35.5. The van der Waals surface area contributed by atoms with E-state index in [4.69, 9.17) is 5.73 Å². The number of H-pyrrole nitrogens is 1. The van der Waals surface area contributed by atoms with Crippen molar-refractivity contribution >= 4 is 41.8 Å². The fourth-order valence-corrected chi connectivity index (χ4v) is 3.07. The SMILES string of the molecule is Cl.Cl.NC1CCCC(C(=O)NCCc2nc3ccc(F)cc3[nH]2)C1. The minimum atomic E-state index is -0.287. The molecular weight excluding hydrogens is 354 g/mol. The van der Waals surface area contributed by atoms with E-state index in [0.29, 0.717) is 18.5 Å². The summed E-state index contributed by atoms with van der Waals surface area (Å²) in [7, 11) is 0. The van der Waals surface area contributed by atoms with Crippen LogP contribution in [0, 0.1) is 11.7 Å². The molecule has 2 unspecified atom stereocenters. The van der Waals surface area contributed by atoms with Crippen molar-refractivity contribution in [2.24, 2.45) is 11.7 Å². The Labute approximate surface area is 152 Å². The number of hydrogen-bond acceptors (Lipinski definition) is 3. The van der Waals surface area contributed by atoms with Gasteiger partial charge in [-0.1, -0.05) is 6.42 Å². The number of amides is 1. The van der Waals surface area contributed by atoms with Crippen LogP contribution in [-0.4, -0.2) is 28.5 Å². The van der Waals surface area contributed by atoms with Gasteiger partial charge in [0.1, 0.15) is 11.6 Å². The summed E-state index contributed by atoms with van der Waals surface area (Å²) < 4.78 is 13.1. The zero-order chi connectivity index (χ0) is 15.5. The molecule has 134 valence electrons. The van der Waals surface area contributed by atoms with Crippen LogP contribution in [0.2, 0.25) is 0 Å². The number of aromatic nitrogens is 2. The summed E-state index contributed by atoms with van der Waals surface area (Å²) in [5.41, 5.74) is 7.33. The second-order valence-electron chi connectivity index (χ2n) is 6.01. The zero-order valence-corrected chi connectivity index (χ0v) is 14.9. The molecular formula is C16H23Cl2FN4O. The highest BCUT2D eigenvalue weighted by molar-refractivity contribution is 5.85. The number of nitrogens with two attached hydrogens (primary N) is 1. The van der Waals surface area contributed by atoms with Gasteiger partial charge in [-0.05, 0) is 37.5 Å². The summed E-state index contributed by atoms with van der Waals surface area (Å²) >= 11 is 0. The Morgan fingerprint density at radius 2 is 2.17 bits per heavy atom. The summed E-state index contributed by atoms with van der Waals surface area (Å²) in [4.78, 5) is 19.6. The first-order chi connectivity index (χ1) is 10.6. The van der Waals surface area contributed by atoms with E-state index in [1.54, 1.807) is 6.07 Å². The van der Waals surface area contributed by atoms with Crippen molar-refractivity contribution in [3.8, 4) is 0 Å². The molecule has 2 aromatic rings. The molecule has 0 bridgehead atoms. The Morgan fingerprint density at radius 3 is 2.92 bits per heavy atom. The maximum absolute atomic E-state index is 13.1. The molecule has 1 heterocycles. The van der Waals surface area contributed by atoms with E-state index >= 15 is 0 Å². The number of carbonyl (C=O) groups is 1. The highest BCUT2D eigenvalue weighted by Crippen LogP contribution is 2.23. The standard InChI is InChI=1S/C16H21FN4O.2ClH/c17-11-4-5-13-14(9-11)21-15(20-13)6-7-19-16(22)10-2-1-3-12(18)8-10;;/h4-5,9-10,12H,1-3,6-8,18H2,(H,19,22)(H,20,21);2*1H. The van der Waals surface area contributed by atoms with E-state index in [1.165, 1.54) is 12.1 Å². The molecule has 4 N–H and O–H groups in total. The van der Waals surface area contributed by atoms with Crippen LogP contribution in [0.15, 0.2) is 18.2 Å². The Hall–Kier alpha value is -1.37. The molecule has 1 amide bonds. The number of nitrogens with one attached hydrogen (secondary N) is 2. The van der Waals surface area contributed by atoms with Gasteiger partial charge in [-0.15, -0.1) is 24.8 Å². The molecule has 0 saturated heterocycles. The minimum Gasteiger partial charge on any atom is -0.355 e. The predicted octanol–water partition coefficient (Wildman–Crippen LogP) is 2.72. The summed E-state index contributed by atoms with van der Waals surface area (Å²) in [6.07, 6.45) is 4.33. The number of halogens is 3. The molecule has 1 aromatic heterocycles. The van der Waals surface area contributed by atoms with E-state index in [9.17, 15) is 9.18 Å². The summed E-state index contributed by atoms with van der Waals surface area (Å²) in [6.45, 7) is 0.521. The van der Waals surface area contributed by atoms with Crippen LogP contribution in [0.4, 0.5) is 4.39 Å². The fraction of sp³-hybridized carbons (Fsp3) is 0.500. The molecule has 1 aliphatic carbocycles. The first-order valence-corrected chi connectivity index (χ1v) is 7.79. The summed E-state index contributed by atoms with van der Waals surface area (Å²) in [5, 5.41) is 2.95. The van der Waals surface area contributed by atoms with Crippen LogP contribution < -0.4 is 11.1 Å². The first kappa shape index (κ1) is 20.7. The number of carbonyl (C=O) groups excluding carboxylic acids is 1. The van der Waals surface area contributed by atoms with Crippen LogP contribution in [0.3, 0.4) is 0 Å². The van der Waals surface area contributed by atoms with Gasteiger partial charge in [-0.2, -0.15) is 0 Å². The number of hydrogen-bond donors (Lipinski definition) is 3. The Kier molecular flexibility index (Phi) is 7.93. The average molecular weight is 377 g/mol. The normalized spacial score (nSPS) is 20.1. The quantitative estimate of drug-likeness (QED) is 0.766. The van der Waals surface area contributed by atoms with Crippen LogP contribution in [0.25, 0.3) is 11.0 Å². The Bertz CT molecular complexity index is 679. The van der Waals surface area contributed by atoms with Crippen molar-refractivity contribution in [2.75, 3.05) is 6.54 Å². The molecule has 1 aromatic carbocycles. The third kappa shape index (κ3) is 5.06. The van der Waals surface area contributed by atoms with Crippen molar-refractivity contribution in [1.82, 2.24) is 15.3 Å². The highest BCUT2D eigenvalue weighted by Gasteiger charge is 2.24. The van der Waals surface area contributed by atoms with Gasteiger partial charge in [0.25, 0.3) is 0 Å². The fourth-order valence-electron chi connectivity index (χ4n) is 3.07. The number of fused-ring (bicyclic) bond motifs is 1. The van der Waals surface area contributed by atoms with Gasteiger partial charge in [0.05, 0.1) is 11.0 Å². The predicted molar refractivity (Wildman–Crippen MR) is 97.2 cm³/mol. The summed E-state index contributed by atoms with van der Waals surface area (Å²) in [5.74, 6) is 0.580. The smallest absolute Gasteiger partial charge is 0.223 e. The topological polar surface area (TPSA) is 83.8 Å². The maximum atomic E-state index is 13.1. The zero-order valence-electron chi connectivity index (χ0n) is 13.3. The van der Waals surface area contributed by atoms with Crippen molar-refractivity contribution in [3.63, 3.8) is 0 Å². The molecule has 1 aliphatic rings. The average Bonchev–Trinajstić information content (AvgIpc) is 2.89. The van der Waals surface area contributed by atoms with E-state index in [0.717, 1.165) is 37.0 Å². The molecule has 1 saturated carbocycles. The van der Waals surface area contributed by atoms with Crippen molar-refractivity contribution in [2.45, 2.75) is 38.1 Å². The lowest BCUT2D eigenvalue weighted by Crippen LogP contribution is -2.38. The maximum Gasteiger partial charge on any atom is 0.223 e. The second kappa shape index (κ2) is 9.20. The van der Waals surface area contributed by atoms with Gasteiger partial charge < -0.3 is 16.0 Å². The molecule has 24 heavy (non-hydrogen) atoms. The molecule has 8 heteroatoms. The lowest BCUT2D eigenvalue weighted by Gasteiger charge is -2.25. The molecule has 3 rings (SSSR count). The minimum absolute atomic E-state index is 0. The largest absolute Gasteiger partial charge is 0.355 e. The van der Waals surface area contributed by atoms with Gasteiger partial charge in [0.2, 0.25) is 5.91 Å². The Morgan fingerprint density at radius 1 is 1.38 bits per heavy atom. The molecule has 0 spiro atoms. The molecule has 5 nitrogen and oxygen atoms in total. The van der Waals surface area contributed by atoms with Crippen LogP contribution in [0.5, 0.6) is 0 Å². The summed E-state index contributed by atoms with van der Waals surface area (Å²) in [6, 6.07) is 4.61. The van der Waals surface area contributed by atoms with Crippen LogP contribution in [0.1, 0.15) is 31.5 Å². The number of rotatable bonds is 4. The van der Waals surface area contributed by atoms with E-state index in [-0.39, 0.29) is 48.5 Å². The number of nitrogens with zero attached hydrogens (tertiary/aromatic N) is 1. The third-order valence-corrected chi connectivity index (χ3v) is 4.24. The first-order valence-electron chi connectivity index (χ1n) is 7.79. The van der Waals surface area contributed by atoms with Gasteiger partial charge in [-0.25, -0.2) is 9.37 Å². The van der Waals surface area contributed by atoms with E-state index in [1.807, 2.05) is 0 Å². The Balaban J connectivity index is 0.00000144. The van der Waals surface area contributed by atoms with E-state index in [2.05, 4.69) is 15.3 Å². The number of aromatic amines is 1. The van der Waals surface area contributed by atoms with Crippen molar-refractivity contribution in [1.29, 1.82) is 0 Å². The van der Waals surface area contributed by atoms with Crippen LogP contribution >= 0.6 is 24.8 Å². The second-order valence-corrected chi connectivity index (χ2v) is 6.01. The lowest BCUT2D eigenvalue weighted by molar-refractivity contribution is -0.126. The molecule has 1 fully saturated rings. The van der Waals surface area contributed by atoms with Gasteiger partial charge in [-0.3, -0.25) is 4.79 Å². The van der Waals surface area contributed by atoms with Gasteiger partial charge in [0.15, 0.2) is 0 Å². The van der Waals surface area contributed by atoms with E-state index < -0.39 is 0 Å². The number of imidazole rings is 1. The molecule has 0 radical (unpaired) electrons. The van der Waals surface area contributed by atoms with Crippen molar-refractivity contribution < 1.29 is 9.18 Å². The van der Waals surface area contributed by atoms with Crippen molar-refractivity contribution in [3.05, 3.63) is 29.8 Å². The monoisotopic (exact) mass is 376 g/mol.